The number of carbonyl (C=O) groups excluding carboxylic acids is 12. The molecule has 15 atom stereocenters. The average molecular weight is 1550 g/mol. The predicted octanol–water partition coefficient (Wildman–Crippen LogP) is 5.53. The average Bonchev–Trinajstić information content (AvgIpc) is 1.59. The van der Waals surface area contributed by atoms with Crippen LogP contribution in [0.2, 0.25) is 0 Å². The van der Waals surface area contributed by atoms with Gasteiger partial charge in [-0.25, -0.2) is 13.2 Å². The monoisotopic (exact) mass is 1550 g/mol. The highest BCUT2D eigenvalue weighted by Gasteiger charge is 2.56. The molecule has 109 heavy (non-hydrogen) atoms. The number of hydrogen-bond donors (Lipinski definition) is 3. The number of morpholine rings is 1. The summed E-state index contributed by atoms with van der Waals surface area (Å²) in [5, 5.41) is 8.57. The normalized spacial score (nSPS) is 33.0. The van der Waals surface area contributed by atoms with Crippen molar-refractivity contribution in [2.45, 2.75) is 261 Å². The van der Waals surface area contributed by atoms with E-state index in [1.54, 1.807) is 26.0 Å². The fraction of sp³-hybridized carbons (Fsp3) is 0.818. The maximum atomic E-state index is 15.7. The minimum absolute atomic E-state index is 0.00147. The highest BCUT2D eigenvalue weighted by molar-refractivity contribution is 6.01. The van der Waals surface area contributed by atoms with Crippen molar-refractivity contribution >= 4 is 70.9 Å². The molecule has 0 aromatic carbocycles. The topological polar surface area (TPSA) is 289 Å². The van der Waals surface area contributed by atoms with Crippen molar-refractivity contribution in [3.05, 3.63) is 12.2 Å². The molecule has 0 aromatic rings. The van der Waals surface area contributed by atoms with E-state index in [1.807, 2.05) is 27.7 Å². The van der Waals surface area contributed by atoms with Crippen molar-refractivity contribution in [1.29, 1.82) is 0 Å². The van der Waals surface area contributed by atoms with E-state index >= 15 is 56.3 Å². The van der Waals surface area contributed by atoms with Crippen molar-refractivity contribution < 1.29 is 93.4 Å². The summed E-state index contributed by atoms with van der Waals surface area (Å²) in [5.41, 5.74) is -1.69. The van der Waals surface area contributed by atoms with Gasteiger partial charge in [0.15, 0.2) is 0 Å². The van der Waals surface area contributed by atoms with Crippen LogP contribution in [-0.2, 0) is 67.0 Å². The predicted molar refractivity (Wildman–Crippen MR) is 390 cm³/mol. The lowest BCUT2D eigenvalue weighted by molar-refractivity contribution is -0.219. The number of nitrogens with one attached hydrogen (secondary N) is 3. The van der Waals surface area contributed by atoms with E-state index in [0.717, 1.165) is 32.4 Å². The summed E-state index contributed by atoms with van der Waals surface area (Å²) in [6, 6.07) is -11.0. The summed E-state index contributed by atoms with van der Waals surface area (Å²) in [6.07, 6.45) is -7.68. The molecule has 614 valence electrons. The van der Waals surface area contributed by atoms with Gasteiger partial charge in [-0.1, -0.05) is 78.9 Å². The van der Waals surface area contributed by atoms with Crippen LogP contribution >= 0.6 is 0 Å². The zero-order valence-electron chi connectivity index (χ0n) is 65.8. The Bertz CT molecular complexity index is 3250. The molecule has 8 rings (SSSR count). The van der Waals surface area contributed by atoms with Crippen LogP contribution in [0.25, 0.3) is 0 Å². The minimum Gasteiger partial charge on any atom is -0.378 e. The number of amides is 12. The molecule has 32 heteroatoms. The largest absolute Gasteiger partial charge is 0.397 e. The number of alkyl halides is 6. The van der Waals surface area contributed by atoms with E-state index in [9.17, 15) is 27.6 Å². The van der Waals surface area contributed by atoms with Gasteiger partial charge >= 0.3 is 6.18 Å². The van der Waals surface area contributed by atoms with E-state index in [1.165, 1.54) is 66.8 Å². The third-order valence-corrected chi connectivity index (χ3v) is 24.9. The summed E-state index contributed by atoms with van der Waals surface area (Å²) < 4.78 is 99.7. The van der Waals surface area contributed by atoms with Gasteiger partial charge in [-0.2, -0.15) is 13.2 Å². The maximum absolute atomic E-state index is 15.7. The second kappa shape index (κ2) is 38.4. The molecule has 4 aliphatic carbocycles. The van der Waals surface area contributed by atoms with Crippen molar-refractivity contribution in [3.8, 4) is 0 Å². The van der Waals surface area contributed by atoms with Gasteiger partial charge in [-0.3, -0.25) is 57.5 Å². The quantitative estimate of drug-likeness (QED) is 0.134. The van der Waals surface area contributed by atoms with Crippen LogP contribution in [-0.4, -0.2) is 301 Å². The van der Waals surface area contributed by atoms with Crippen molar-refractivity contribution in [2.75, 3.05) is 101 Å². The Morgan fingerprint density at radius 2 is 1.30 bits per heavy atom. The van der Waals surface area contributed by atoms with Crippen LogP contribution < -0.4 is 16.0 Å². The molecule has 3 N–H and O–H groups in total. The smallest absolute Gasteiger partial charge is 0.378 e. The van der Waals surface area contributed by atoms with E-state index in [2.05, 4.69) is 16.0 Å². The Morgan fingerprint density at radius 1 is 0.651 bits per heavy atom. The molecule has 4 aliphatic heterocycles. The molecule has 7 fully saturated rings. The number of halogens is 6. The molecule has 0 aromatic heterocycles. The van der Waals surface area contributed by atoms with Gasteiger partial charge in [0.2, 0.25) is 70.9 Å². The number of rotatable bonds is 15. The van der Waals surface area contributed by atoms with E-state index in [4.69, 9.17) is 9.47 Å². The number of likely N-dealkylation sites (N-methyl/N-ethyl adjacent to an activating group) is 6. The van der Waals surface area contributed by atoms with Gasteiger partial charge in [0.05, 0.1) is 38.8 Å². The summed E-state index contributed by atoms with van der Waals surface area (Å²) in [4.78, 5) is 194. The molecule has 1 spiro atoms. The molecule has 5 unspecified atom stereocenters. The standard InChI is InChI=1S/C77H120F6N12O14/c1-13-45(5)65-73(105)88(8)44-63(98)89(9)56-21-18-17-19-30-94(72(56)104)60(39-50-25-26-51(78)35-46(50)6)70(102)87(7)43-61(96)84-55(27-24-48-36-53(79)64(54(80)37-48)77(81,82)83)69(101)95-42-52(109-16-4)40-58(95)68(100)86-76(28-20-29-76)75(107)92(12)66(49(14-2)15-3)74(106)91(11)59(71(103)93-31-33-108-34-32-93)41-62(97)90(10)57(67(99)85-65)38-47-22-23-47/h17-18,45-60,64-66H,13-16,19-44H2,1-12H3,(H,84,96)(H,85,99)(H,86,100)/b18-17-/t45-,46?,48?,50?,51?,52+,53?,54?,55-,56-,57-,58-,59-,60-,64?,65-,66-/m0/s1. The van der Waals surface area contributed by atoms with Crippen molar-refractivity contribution in [3.63, 3.8) is 0 Å². The Labute approximate surface area is 637 Å². The van der Waals surface area contributed by atoms with Gasteiger partial charge < -0.3 is 69.5 Å². The highest BCUT2D eigenvalue weighted by atomic mass is 19.4. The molecule has 8 aliphatic rings. The molecule has 0 radical (unpaired) electrons. The Balaban J connectivity index is 1.21. The lowest BCUT2D eigenvalue weighted by atomic mass is 9.74. The van der Waals surface area contributed by atoms with Gasteiger partial charge in [0.1, 0.15) is 78.3 Å². The van der Waals surface area contributed by atoms with E-state index < -0.39 is 218 Å². The third-order valence-electron chi connectivity index (χ3n) is 24.9. The fourth-order valence-electron chi connectivity index (χ4n) is 17.4. The first kappa shape index (κ1) is 87.5. The first-order chi connectivity index (χ1) is 51.5. The maximum Gasteiger partial charge on any atom is 0.397 e. The second-order valence-electron chi connectivity index (χ2n) is 32.3. The lowest BCUT2D eigenvalue weighted by Crippen LogP contribution is -2.68. The van der Waals surface area contributed by atoms with Crippen molar-refractivity contribution in [1.82, 2.24) is 60.0 Å². The fourth-order valence-corrected chi connectivity index (χ4v) is 17.4. The number of ether oxygens (including phenoxy) is 2. The molecule has 4 heterocycles. The van der Waals surface area contributed by atoms with Crippen LogP contribution in [0.1, 0.15) is 176 Å². The SMILES string of the molecule is CCO[C@@H]1C[C@H]2C(=O)NC3(CCC3)C(=O)N(C)[C@@H](C(CC)CC)C(=O)N(C)[C@H](C(=O)N3CCOCC3)CC(=O)N(C)[C@@H](CC3CC3)C(=O)N[C@@H]([C@@H](C)CC)C(=O)N(C)CC(=O)N(C)[C@H]3C/C=C\CCN(C3=O)[C@@H](CC3CCC(F)CC3C)C(=O)N(C)CC(=O)N[C@@H](CCC3CC(F)C(C(F)(F)F)C(F)C3)C(=O)N2C1. The molecule has 26 nitrogen and oxygen atoms in total. The molecule has 12 amide bonds. The lowest BCUT2D eigenvalue weighted by Gasteiger charge is -2.47. The van der Waals surface area contributed by atoms with E-state index in [-0.39, 0.29) is 128 Å². The first-order valence-corrected chi connectivity index (χ1v) is 39.7. The Hall–Kier alpha value is -7.12. The van der Waals surface area contributed by atoms with Crippen LogP contribution in [0.4, 0.5) is 26.3 Å². The number of hydrogen-bond acceptors (Lipinski definition) is 14. The van der Waals surface area contributed by atoms with Gasteiger partial charge in [0.25, 0.3) is 0 Å². The summed E-state index contributed by atoms with van der Waals surface area (Å²) >= 11 is 0. The molecular formula is C77H120F6N12O14. The number of carbonyl (C=O) groups is 12. The summed E-state index contributed by atoms with van der Waals surface area (Å²) in [7, 11) is 8.29. The van der Waals surface area contributed by atoms with Crippen LogP contribution in [0.15, 0.2) is 12.2 Å². The van der Waals surface area contributed by atoms with Crippen LogP contribution in [0.5, 0.6) is 0 Å². The molecular weight excluding hydrogens is 1430 g/mol. The first-order valence-electron chi connectivity index (χ1n) is 39.7. The van der Waals surface area contributed by atoms with Gasteiger partial charge in [0, 0.05) is 81.5 Å². The van der Waals surface area contributed by atoms with Crippen LogP contribution in [0, 0.1) is 41.4 Å². The number of fused-ring (bicyclic) bond motifs is 3. The Kier molecular flexibility index (Phi) is 30.8. The van der Waals surface area contributed by atoms with E-state index in [0.29, 0.717) is 32.1 Å². The molecule has 4 saturated carbocycles. The second-order valence-corrected chi connectivity index (χ2v) is 32.3. The zero-order chi connectivity index (χ0) is 80.3. The molecule has 2 bridgehead atoms. The molecule has 3 saturated heterocycles. The summed E-state index contributed by atoms with van der Waals surface area (Å²) in [6.45, 7) is 9.71. The summed E-state index contributed by atoms with van der Waals surface area (Å²) in [5.74, 6) is -14.5. The number of nitrogens with zero attached hydrogens (tertiary/aromatic N) is 9. The van der Waals surface area contributed by atoms with Gasteiger partial charge in [-0.15, -0.1) is 0 Å². The minimum atomic E-state index is -5.19. The highest BCUT2D eigenvalue weighted by Crippen LogP contribution is 2.45. The third kappa shape index (κ3) is 21.2. The van der Waals surface area contributed by atoms with Crippen molar-refractivity contribution in [2.24, 2.45) is 41.4 Å². The van der Waals surface area contributed by atoms with Crippen LogP contribution in [0.3, 0.4) is 0 Å². The Morgan fingerprint density at radius 3 is 1.89 bits per heavy atom. The zero-order valence-corrected chi connectivity index (χ0v) is 65.8. The van der Waals surface area contributed by atoms with Gasteiger partial charge in [-0.05, 0) is 132 Å².